The van der Waals surface area contributed by atoms with E-state index in [2.05, 4.69) is 0 Å². The lowest BCUT2D eigenvalue weighted by Gasteiger charge is -2.23. The van der Waals surface area contributed by atoms with Gasteiger partial charge in [-0.15, -0.1) is 0 Å². The average molecular weight is 217 g/mol. The monoisotopic (exact) mass is 217 g/mol. The topological polar surface area (TPSA) is 37.4 Å². The molecule has 1 aliphatic heterocycles. The Bertz CT molecular complexity index is 400. The summed E-state index contributed by atoms with van der Waals surface area (Å²) >= 11 is 0. The molecule has 2 amide bonds. The van der Waals surface area contributed by atoms with Gasteiger partial charge < -0.3 is 0 Å². The Morgan fingerprint density at radius 1 is 1.00 bits per heavy atom. The van der Waals surface area contributed by atoms with Crippen LogP contribution in [0.15, 0.2) is 24.3 Å². The van der Waals surface area contributed by atoms with Gasteiger partial charge in [0.05, 0.1) is 11.1 Å². The van der Waals surface area contributed by atoms with Gasteiger partial charge in [0.1, 0.15) is 0 Å². The molecule has 1 heterocycles. The standard InChI is InChI=1S/C13H15NO2/c1-3-9(4-2)14-12(15)10-7-5-6-8-11(10)13(14)16/h5-9H,3-4H2,1-2H3. The quantitative estimate of drug-likeness (QED) is 0.729. The van der Waals surface area contributed by atoms with Gasteiger partial charge in [0.15, 0.2) is 0 Å². The Labute approximate surface area is 95.1 Å². The molecule has 1 aromatic carbocycles. The molecule has 0 N–H and O–H groups in total. The number of hydrogen-bond acceptors (Lipinski definition) is 2. The molecular weight excluding hydrogens is 202 g/mol. The first kappa shape index (κ1) is 10.9. The van der Waals surface area contributed by atoms with Crippen LogP contribution >= 0.6 is 0 Å². The van der Waals surface area contributed by atoms with E-state index < -0.39 is 0 Å². The molecular formula is C13H15NO2. The third-order valence-corrected chi connectivity index (χ3v) is 3.13. The molecule has 1 aliphatic rings. The molecule has 0 unspecified atom stereocenters. The van der Waals surface area contributed by atoms with E-state index >= 15 is 0 Å². The van der Waals surface area contributed by atoms with Crippen molar-refractivity contribution < 1.29 is 9.59 Å². The zero-order valence-corrected chi connectivity index (χ0v) is 9.56. The van der Waals surface area contributed by atoms with Crippen molar-refractivity contribution in [3.05, 3.63) is 35.4 Å². The molecule has 16 heavy (non-hydrogen) atoms. The molecule has 0 fully saturated rings. The lowest BCUT2D eigenvalue weighted by Crippen LogP contribution is -2.39. The van der Waals surface area contributed by atoms with Gasteiger partial charge in [-0.05, 0) is 25.0 Å². The van der Waals surface area contributed by atoms with Gasteiger partial charge in [0.2, 0.25) is 0 Å². The lowest BCUT2D eigenvalue weighted by atomic mass is 10.1. The third kappa shape index (κ3) is 1.43. The van der Waals surface area contributed by atoms with Crippen molar-refractivity contribution in [2.75, 3.05) is 0 Å². The fourth-order valence-electron chi connectivity index (χ4n) is 2.19. The second kappa shape index (κ2) is 4.08. The Balaban J connectivity index is 2.42. The number of carbonyl (C=O) groups is 2. The van der Waals surface area contributed by atoms with Gasteiger partial charge in [-0.1, -0.05) is 26.0 Å². The van der Waals surface area contributed by atoms with Crippen LogP contribution in [0.3, 0.4) is 0 Å². The minimum absolute atomic E-state index is 0.0207. The predicted octanol–water partition coefficient (Wildman–Crippen LogP) is 2.47. The van der Waals surface area contributed by atoms with E-state index in [0.29, 0.717) is 11.1 Å². The van der Waals surface area contributed by atoms with Crippen LogP contribution in [-0.2, 0) is 0 Å². The van der Waals surface area contributed by atoms with Crippen LogP contribution in [0.5, 0.6) is 0 Å². The Hall–Kier alpha value is -1.64. The Morgan fingerprint density at radius 2 is 1.44 bits per heavy atom. The zero-order chi connectivity index (χ0) is 11.7. The van der Waals surface area contributed by atoms with E-state index in [0.717, 1.165) is 12.8 Å². The van der Waals surface area contributed by atoms with E-state index in [1.54, 1.807) is 24.3 Å². The smallest absolute Gasteiger partial charge is 0.261 e. The molecule has 1 aromatic rings. The van der Waals surface area contributed by atoms with Crippen molar-refractivity contribution in [2.24, 2.45) is 0 Å². The summed E-state index contributed by atoms with van der Waals surface area (Å²) in [4.78, 5) is 25.6. The minimum Gasteiger partial charge on any atom is -0.271 e. The van der Waals surface area contributed by atoms with E-state index in [1.807, 2.05) is 13.8 Å². The van der Waals surface area contributed by atoms with Crippen LogP contribution in [-0.4, -0.2) is 22.8 Å². The SMILES string of the molecule is CCC(CC)N1C(=O)c2ccccc2C1=O. The molecule has 3 heteroatoms. The Morgan fingerprint density at radius 3 is 1.81 bits per heavy atom. The van der Waals surface area contributed by atoms with Gasteiger partial charge in [-0.25, -0.2) is 0 Å². The van der Waals surface area contributed by atoms with E-state index in [4.69, 9.17) is 0 Å². The van der Waals surface area contributed by atoms with E-state index in [1.165, 1.54) is 4.90 Å². The fraction of sp³-hybridized carbons (Fsp3) is 0.385. The van der Waals surface area contributed by atoms with Crippen LogP contribution in [0.25, 0.3) is 0 Å². The highest BCUT2D eigenvalue weighted by atomic mass is 16.2. The second-order valence-electron chi connectivity index (χ2n) is 4.00. The lowest BCUT2D eigenvalue weighted by molar-refractivity contribution is 0.0576. The van der Waals surface area contributed by atoms with Crippen molar-refractivity contribution in [2.45, 2.75) is 32.7 Å². The van der Waals surface area contributed by atoms with Crippen LogP contribution < -0.4 is 0 Å². The van der Waals surface area contributed by atoms with Crippen molar-refractivity contribution in [3.8, 4) is 0 Å². The molecule has 3 nitrogen and oxygen atoms in total. The molecule has 0 aromatic heterocycles. The molecule has 0 radical (unpaired) electrons. The first-order valence-corrected chi connectivity index (χ1v) is 5.67. The van der Waals surface area contributed by atoms with Crippen LogP contribution in [0, 0.1) is 0 Å². The molecule has 2 rings (SSSR count). The van der Waals surface area contributed by atoms with E-state index in [-0.39, 0.29) is 17.9 Å². The van der Waals surface area contributed by atoms with Crippen LogP contribution in [0.4, 0.5) is 0 Å². The molecule has 0 aliphatic carbocycles. The van der Waals surface area contributed by atoms with Crippen molar-refractivity contribution in [1.29, 1.82) is 0 Å². The first-order valence-electron chi connectivity index (χ1n) is 5.67. The van der Waals surface area contributed by atoms with Gasteiger partial charge in [0, 0.05) is 6.04 Å². The molecule has 0 saturated heterocycles. The largest absolute Gasteiger partial charge is 0.271 e. The maximum atomic E-state index is 12.1. The van der Waals surface area contributed by atoms with Crippen LogP contribution in [0.2, 0.25) is 0 Å². The summed E-state index contributed by atoms with van der Waals surface area (Å²) in [7, 11) is 0. The van der Waals surface area contributed by atoms with E-state index in [9.17, 15) is 9.59 Å². The highest BCUT2D eigenvalue weighted by Gasteiger charge is 2.38. The second-order valence-corrected chi connectivity index (χ2v) is 4.00. The summed E-state index contributed by atoms with van der Waals surface area (Å²) in [5.74, 6) is -0.288. The number of hydrogen-bond donors (Lipinski definition) is 0. The summed E-state index contributed by atoms with van der Waals surface area (Å²) in [5.41, 5.74) is 1.08. The molecule has 0 saturated carbocycles. The molecule has 0 spiro atoms. The molecule has 0 bridgehead atoms. The normalized spacial score (nSPS) is 14.8. The maximum absolute atomic E-state index is 12.1. The fourth-order valence-corrected chi connectivity index (χ4v) is 2.19. The van der Waals surface area contributed by atoms with Gasteiger partial charge in [-0.2, -0.15) is 0 Å². The maximum Gasteiger partial charge on any atom is 0.261 e. The molecule has 84 valence electrons. The number of carbonyl (C=O) groups excluding carboxylic acids is 2. The summed E-state index contributed by atoms with van der Waals surface area (Å²) in [5, 5.41) is 0. The minimum atomic E-state index is -0.144. The van der Waals surface area contributed by atoms with Gasteiger partial charge >= 0.3 is 0 Å². The third-order valence-electron chi connectivity index (χ3n) is 3.13. The predicted molar refractivity (Wildman–Crippen MR) is 61.3 cm³/mol. The summed E-state index contributed by atoms with van der Waals surface area (Å²) in [6.45, 7) is 4.00. The summed E-state index contributed by atoms with van der Waals surface area (Å²) < 4.78 is 0. The van der Waals surface area contributed by atoms with Gasteiger partial charge in [-0.3, -0.25) is 14.5 Å². The number of imide groups is 1. The zero-order valence-electron chi connectivity index (χ0n) is 9.56. The first-order chi connectivity index (χ1) is 7.70. The highest BCUT2D eigenvalue weighted by molar-refractivity contribution is 6.21. The number of nitrogens with zero attached hydrogens (tertiary/aromatic N) is 1. The van der Waals surface area contributed by atoms with Crippen molar-refractivity contribution >= 4 is 11.8 Å². The van der Waals surface area contributed by atoms with Gasteiger partial charge in [0.25, 0.3) is 11.8 Å². The average Bonchev–Trinajstić information content (AvgIpc) is 2.57. The van der Waals surface area contributed by atoms with Crippen molar-refractivity contribution in [3.63, 3.8) is 0 Å². The van der Waals surface area contributed by atoms with Crippen LogP contribution in [0.1, 0.15) is 47.4 Å². The summed E-state index contributed by atoms with van der Waals surface area (Å²) in [6.07, 6.45) is 1.62. The number of rotatable bonds is 3. The van der Waals surface area contributed by atoms with Crippen molar-refractivity contribution in [1.82, 2.24) is 4.90 Å². The number of fused-ring (bicyclic) bond motifs is 1. The summed E-state index contributed by atoms with van der Waals surface area (Å²) in [6, 6.07) is 7.05. The number of benzene rings is 1. The highest BCUT2D eigenvalue weighted by Crippen LogP contribution is 2.26. The Kier molecular flexibility index (Phi) is 2.77. The molecule has 0 atom stereocenters. The number of amides is 2.